The van der Waals surface area contributed by atoms with Gasteiger partial charge in [0.05, 0.1) is 12.7 Å². The molecule has 3 aliphatic rings. The topological polar surface area (TPSA) is 36.9 Å². The van der Waals surface area contributed by atoms with Crippen LogP contribution in [0.15, 0.2) is 0 Å². The van der Waals surface area contributed by atoms with Gasteiger partial charge in [0.15, 0.2) is 12.6 Å². The van der Waals surface area contributed by atoms with Gasteiger partial charge in [0.1, 0.15) is 0 Å². The molecule has 2 aliphatic heterocycles. The molecule has 4 unspecified atom stereocenters. The van der Waals surface area contributed by atoms with E-state index in [1.807, 2.05) is 0 Å². The highest BCUT2D eigenvalue weighted by Gasteiger charge is 2.32. The SMILES string of the molecule is C1CCC(OCC2CCCC2OC2CCCCO2)OC1. The summed E-state index contributed by atoms with van der Waals surface area (Å²) in [7, 11) is 0. The third kappa shape index (κ3) is 4.17. The zero-order valence-electron chi connectivity index (χ0n) is 12.4. The standard InChI is InChI=1S/C16H28O4/c1-3-10-17-15(8-1)19-12-13-6-5-7-14(13)20-16-9-2-4-11-18-16/h13-16H,1-12H2. The summed E-state index contributed by atoms with van der Waals surface area (Å²) in [5.74, 6) is 0.519. The van der Waals surface area contributed by atoms with Crippen LogP contribution in [-0.4, -0.2) is 38.5 Å². The number of hydrogen-bond donors (Lipinski definition) is 0. The van der Waals surface area contributed by atoms with E-state index < -0.39 is 0 Å². The molecule has 3 rings (SSSR count). The molecule has 20 heavy (non-hydrogen) atoms. The van der Waals surface area contributed by atoms with E-state index in [1.54, 1.807) is 0 Å². The molecule has 116 valence electrons. The Bertz CT molecular complexity index is 272. The molecule has 0 amide bonds. The Morgan fingerprint density at radius 2 is 1.50 bits per heavy atom. The monoisotopic (exact) mass is 284 g/mol. The van der Waals surface area contributed by atoms with Crippen molar-refractivity contribution >= 4 is 0 Å². The van der Waals surface area contributed by atoms with Crippen LogP contribution in [0.4, 0.5) is 0 Å². The molecule has 1 aliphatic carbocycles. The largest absolute Gasteiger partial charge is 0.353 e. The maximum atomic E-state index is 6.16. The maximum Gasteiger partial charge on any atom is 0.157 e. The first-order chi connectivity index (χ1) is 9.92. The number of hydrogen-bond acceptors (Lipinski definition) is 4. The molecule has 1 saturated carbocycles. The van der Waals surface area contributed by atoms with Gasteiger partial charge in [0.2, 0.25) is 0 Å². The molecule has 2 heterocycles. The van der Waals surface area contributed by atoms with Crippen LogP contribution >= 0.6 is 0 Å². The molecule has 0 N–H and O–H groups in total. The van der Waals surface area contributed by atoms with Crippen molar-refractivity contribution in [2.75, 3.05) is 19.8 Å². The van der Waals surface area contributed by atoms with E-state index in [4.69, 9.17) is 18.9 Å². The van der Waals surface area contributed by atoms with E-state index in [2.05, 4.69) is 0 Å². The summed E-state index contributed by atoms with van der Waals surface area (Å²) >= 11 is 0. The average Bonchev–Trinajstić information content (AvgIpc) is 2.94. The molecular weight excluding hydrogens is 256 g/mol. The highest BCUT2D eigenvalue weighted by molar-refractivity contribution is 4.79. The molecule has 3 fully saturated rings. The Morgan fingerprint density at radius 3 is 2.20 bits per heavy atom. The molecule has 0 radical (unpaired) electrons. The number of rotatable bonds is 5. The lowest BCUT2D eigenvalue weighted by Crippen LogP contribution is -2.33. The van der Waals surface area contributed by atoms with Crippen LogP contribution in [0.5, 0.6) is 0 Å². The van der Waals surface area contributed by atoms with E-state index >= 15 is 0 Å². The predicted octanol–water partition coefficient (Wildman–Crippen LogP) is 3.24. The van der Waals surface area contributed by atoms with Crippen molar-refractivity contribution in [3.63, 3.8) is 0 Å². The fourth-order valence-corrected chi connectivity index (χ4v) is 3.46. The molecule has 4 atom stereocenters. The first-order valence-corrected chi connectivity index (χ1v) is 8.42. The maximum absolute atomic E-state index is 6.16. The minimum Gasteiger partial charge on any atom is -0.353 e. The molecule has 4 heteroatoms. The van der Waals surface area contributed by atoms with Gasteiger partial charge < -0.3 is 18.9 Å². The van der Waals surface area contributed by atoms with E-state index in [0.29, 0.717) is 12.0 Å². The first-order valence-electron chi connectivity index (χ1n) is 8.42. The fourth-order valence-electron chi connectivity index (χ4n) is 3.46. The quantitative estimate of drug-likeness (QED) is 0.776. The average molecular weight is 284 g/mol. The van der Waals surface area contributed by atoms with Crippen molar-refractivity contribution in [3.05, 3.63) is 0 Å². The summed E-state index contributed by atoms with van der Waals surface area (Å²) in [4.78, 5) is 0. The predicted molar refractivity (Wildman–Crippen MR) is 75.3 cm³/mol. The van der Waals surface area contributed by atoms with E-state index in [0.717, 1.165) is 39.1 Å². The summed E-state index contributed by atoms with van der Waals surface area (Å²) in [5.41, 5.74) is 0. The Labute approximate surface area is 122 Å². The highest BCUT2D eigenvalue weighted by atomic mass is 16.7. The lowest BCUT2D eigenvalue weighted by Gasteiger charge is -2.30. The van der Waals surface area contributed by atoms with Gasteiger partial charge in [-0.25, -0.2) is 0 Å². The zero-order valence-corrected chi connectivity index (χ0v) is 12.4. The van der Waals surface area contributed by atoms with Crippen molar-refractivity contribution in [2.45, 2.75) is 76.5 Å². The van der Waals surface area contributed by atoms with Crippen LogP contribution < -0.4 is 0 Å². The van der Waals surface area contributed by atoms with Crippen molar-refractivity contribution in [3.8, 4) is 0 Å². The second-order valence-corrected chi connectivity index (χ2v) is 6.29. The first kappa shape index (κ1) is 14.8. The van der Waals surface area contributed by atoms with Gasteiger partial charge in [-0.3, -0.25) is 0 Å². The molecule has 4 nitrogen and oxygen atoms in total. The normalized spacial score (nSPS) is 39.0. The smallest absolute Gasteiger partial charge is 0.157 e. The molecule has 0 aromatic rings. The fraction of sp³-hybridized carbons (Fsp3) is 1.00. The summed E-state index contributed by atoms with van der Waals surface area (Å²) < 4.78 is 23.4. The minimum absolute atomic E-state index is 0.0240. The third-order valence-electron chi connectivity index (χ3n) is 4.69. The van der Waals surface area contributed by atoms with Crippen LogP contribution in [0.3, 0.4) is 0 Å². The summed E-state index contributed by atoms with van der Waals surface area (Å²) in [6, 6.07) is 0. The molecule has 0 aromatic heterocycles. The Kier molecular flexibility index (Phi) is 5.71. The second kappa shape index (κ2) is 7.74. The summed E-state index contributed by atoms with van der Waals surface area (Å²) in [5, 5.41) is 0. The van der Waals surface area contributed by atoms with Crippen molar-refractivity contribution < 1.29 is 18.9 Å². The van der Waals surface area contributed by atoms with Crippen molar-refractivity contribution in [2.24, 2.45) is 5.92 Å². The zero-order chi connectivity index (χ0) is 13.6. The Morgan fingerprint density at radius 1 is 0.750 bits per heavy atom. The van der Waals surface area contributed by atoms with Crippen LogP contribution in [0.2, 0.25) is 0 Å². The van der Waals surface area contributed by atoms with Crippen LogP contribution in [0.1, 0.15) is 57.8 Å². The molecule has 0 bridgehead atoms. The Balaban J connectivity index is 1.40. The number of ether oxygens (including phenoxy) is 4. The lowest BCUT2D eigenvalue weighted by atomic mass is 10.1. The highest BCUT2D eigenvalue weighted by Crippen LogP contribution is 2.31. The molecule has 2 saturated heterocycles. The molecular formula is C16H28O4. The van der Waals surface area contributed by atoms with Crippen molar-refractivity contribution in [1.29, 1.82) is 0 Å². The lowest BCUT2D eigenvalue weighted by molar-refractivity contribution is -0.209. The summed E-state index contributed by atoms with van der Waals surface area (Å²) in [6.07, 6.45) is 10.9. The van der Waals surface area contributed by atoms with Crippen LogP contribution in [0.25, 0.3) is 0 Å². The van der Waals surface area contributed by atoms with Crippen LogP contribution in [-0.2, 0) is 18.9 Å². The minimum atomic E-state index is 0.0240. The Hall–Kier alpha value is -0.160. The van der Waals surface area contributed by atoms with E-state index in [-0.39, 0.29) is 12.6 Å². The van der Waals surface area contributed by atoms with E-state index in [1.165, 1.54) is 38.5 Å². The second-order valence-electron chi connectivity index (χ2n) is 6.29. The summed E-state index contributed by atoms with van der Waals surface area (Å²) in [6.45, 7) is 2.49. The van der Waals surface area contributed by atoms with Gasteiger partial charge in [-0.1, -0.05) is 6.42 Å². The van der Waals surface area contributed by atoms with Gasteiger partial charge in [-0.2, -0.15) is 0 Å². The van der Waals surface area contributed by atoms with E-state index in [9.17, 15) is 0 Å². The third-order valence-corrected chi connectivity index (χ3v) is 4.69. The van der Waals surface area contributed by atoms with Gasteiger partial charge in [0.25, 0.3) is 0 Å². The molecule has 0 spiro atoms. The van der Waals surface area contributed by atoms with Gasteiger partial charge >= 0.3 is 0 Å². The van der Waals surface area contributed by atoms with Gasteiger partial charge in [0, 0.05) is 19.1 Å². The van der Waals surface area contributed by atoms with Crippen molar-refractivity contribution in [1.82, 2.24) is 0 Å². The van der Waals surface area contributed by atoms with Gasteiger partial charge in [-0.15, -0.1) is 0 Å². The van der Waals surface area contributed by atoms with Gasteiger partial charge in [-0.05, 0) is 51.4 Å². The molecule has 0 aromatic carbocycles. The van der Waals surface area contributed by atoms with Crippen LogP contribution in [0, 0.1) is 5.92 Å².